The van der Waals surface area contributed by atoms with E-state index >= 15 is 0 Å². The van der Waals surface area contributed by atoms with E-state index in [0.29, 0.717) is 11.3 Å². The Labute approximate surface area is 135 Å². The van der Waals surface area contributed by atoms with Crippen LogP contribution in [0.5, 0.6) is 5.19 Å². The predicted molar refractivity (Wildman–Crippen MR) is 76.9 cm³/mol. The molecule has 0 aliphatic heterocycles. The fourth-order valence-corrected chi connectivity index (χ4v) is 2.40. The van der Waals surface area contributed by atoms with E-state index < -0.39 is 39.1 Å². The minimum absolute atomic E-state index is 0.158. The van der Waals surface area contributed by atoms with Crippen molar-refractivity contribution in [3.05, 3.63) is 32.8 Å². The Morgan fingerprint density at radius 1 is 1.42 bits per heavy atom. The highest BCUT2D eigenvalue weighted by Gasteiger charge is 2.40. The molecular formula is C11H8F3N5O4S. The minimum Gasteiger partial charge on any atom is -0.473 e. The first kappa shape index (κ1) is 17.4. The minimum atomic E-state index is -4.91. The van der Waals surface area contributed by atoms with E-state index in [9.17, 15) is 28.1 Å². The molecule has 0 saturated heterocycles. The SMILES string of the molecule is COc1nc(C(F)(F)F)c(C(=O)Nc2nc(N)ccc2[N+](=O)[O-])s1. The van der Waals surface area contributed by atoms with Gasteiger partial charge in [0.15, 0.2) is 5.69 Å². The predicted octanol–water partition coefficient (Wildman–Crippen LogP) is 2.31. The third kappa shape index (κ3) is 3.51. The Morgan fingerprint density at radius 2 is 2.08 bits per heavy atom. The number of ether oxygens (including phenoxy) is 1. The molecule has 9 nitrogen and oxygen atoms in total. The summed E-state index contributed by atoms with van der Waals surface area (Å²) in [5.41, 5.74) is 3.29. The molecule has 2 heterocycles. The van der Waals surface area contributed by atoms with Crippen molar-refractivity contribution >= 4 is 34.6 Å². The lowest BCUT2D eigenvalue weighted by Crippen LogP contribution is -2.18. The molecule has 0 aromatic carbocycles. The normalized spacial score (nSPS) is 11.2. The van der Waals surface area contributed by atoms with E-state index in [1.807, 2.05) is 5.32 Å². The molecular weight excluding hydrogens is 355 g/mol. The lowest BCUT2D eigenvalue weighted by Gasteiger charge is -2.07. The van der Waals surface area contributed by atoms with Crippen LogP contribution in [-0.2, 0) is 6.18 Å². The van der Waals surface area contributed by atoms with Crippen LogP contribution in [-0.4, -0.2) is 27.9 Å². The molecule has 0 spiro atoms. The number of halogens is 3. The molecule has 0 aliphatic rings. The van der Waals surface area contributed by atoms with Crippen molar-refractivity contribution in [1.82, 2.24) is 9.97 Å². The summed E-state index contributed by atoms with van der Waals surface area (Å²) < 4.78 is 43.4. The number of amides is 1. The van der Waals surface area contributed by atoms with Crippen molar-refractivity contribution in [3.63, 3.8) is 0 Å². The molecule has 0 atom stereocenters. The maximum atomic E-state index is 12.9. The van der Waals surface area contributed by atoms with Crippen molar-refractivity contribution in [2.45, 2.75) is 6.18 Å². The van der Waals surface area contributed by atoms with E-state index in [1.165, 1.54) is 0 Å². The number of hydrogen-bond acceptors (Lipinski definition) is 8. The van der Waals surface area contributed by atoms with Crippen LogP contribution in [0, 0.1) is 10.1 Å². The van der Waals surface area contributed by atoms with E-state index in [1.54, 1.807) is 0 Å². The van der Waals surface area contributed by atoms with E-state index in [4.69, 9.17) is 5.73 Å². The van der Waals surface area contributed by atoms with Crippen LogP contribution < -0.4 is 15.8 Å². The Morgan fingerprint density at radius 3 is 2.62 bits per heavy atom. The van der Waals surface area contributed by atoms with Gasteiger partial charge in [-0.2, -0.15) is 18.2 Å². The number of pyridine rings is 1. The monoisotopic (exact) mass is 363 g/mol. The van der Waals surface area contributed by atoms with E-state index in [0.717, 1.165) is 19.2 Å². The molecule has 0 aliphatic carbocycles. The molecule has 0 radical (unpaired) electrons. The molecule has 128 valence electrons. The van der Waals surface area contributed by atoms with Crippen molar-refractivity contribution in [2.75, 3.05) is 18.2 Å². The van der Waals surface area contributed by atoms with Gasteiger partial charge in [-0.25, -0.2) is 4.98 Å². The van der Waals surface area contributed by atoms with E-state index in [-0.39, 0.29) is 11.0 Å². The summed E-state index contributed by atoms with van der Waals surface area (Å²) in [4.78, 5) is 28.0. The quantitative estimate of drug-likeness (QED) is 0.629. The number of aromatic nitrogens is 2. The number of rotatable bonds is 4. The Balaban J connectivity index is 2.43. The second-order valence-corrected chi connectivity index (χ2v) is 5.14. The molecule has 2 rings (SSSR count). The highest BCUT2D eigenvalue weighted by Crippen LogP contribution is 2.37. The zero-order valence-electron chi connectivity index (χ0n) is 11.7. The number of hydrogen-bond donors (Lipinski definition) is 2. The van der Waals surface area contributed by atoms with Gasteiger partial charge in [0.05, 0.1) is 12.0 Å². The first-order valence-electron chi connectivity index (χ1n) is 5.97. The van der Waals surface area contributed by atoms with Crippen LogP contribution in [0.15, 0.2) is 12.1 Å². The van der Waals surface area contributed by atoms with E-state index in [2.05, 4.69) is 14.7 Å². The van der Waals surface area contributed by atoms with Crippen LogP contribution in [0.2, 0.25) is 0 Å². The molecule has 2 aromatic heterocycles. The van der Waals surface area contributed by atoms with Gasteiger partial charge in [-0.15, -0.1) is 0 Å². The van der Waals surface area contributed by atoms with Gasteiger partial charge in [0.2, 0.25) is 5.82 Å². The lowest BCUT2D eigenvalue weighted by molar-refractivity contribution is -0.384. The smallest absolute Gasteiger partial charge is 0.435 e. The van der Waals surface area contributed by atoms with Gasteiger partial charge in [-0.3, -0.25) is 20.2 Å². The summed E-state index contributed by atoms with van der Waals surface area (Å²) in [6.45, 7) is 0. The van der Waals surface area contributed by atoms with Gasteiger partial charge in [-0.05, 0) is 6.07 Å². The Bertz CT molecular complexity index is 807. The highest BCUT2D eigenvalue weighted by molar-refractivity contribution is 7.15. The second-order valence-electron chi connectivity index (χ2n) is 4.17. The lowest BCUT2D eigenvalue weighted by atomic mass is 10.3. The summed E-state index contributed by atoms with van der Waals surface area (Å²) in [6.07, 6.45) is -4.91. The number of nitro groups is 1. The van der Waals surface area contributed by atoms with Crippen LogP contribution >= 0.6 is 11.3 Å². The first-order chi connectivity index (χ1) is 11.1. The summed E-state index contributed by atoms with van der Waals surface area (Å²) in [7, 11) is 1.09. The molecule has 13 heteroatoms. The fourth-order valence-electron chi connectivity index (χ4n) is 1.60. The molecule has 24 heavy (non-hydrogen) atoms. The maximum absolute atomic E-state index is 12.9. The summed E-state index contributed by atoms with van der Waals surface area (Å²) >= 11 is 0.338. The van der Waals surface area contributed by atoms with Crippen LogP contribution in [0.4, 0.5) is 30.5 Å². The van der Waals surface area contributed by atoms with Gasteiger partial charge in [0, 0.05) is 6.07 Å². The van der Waals surface area contributed by atoms with Gasteiger partial charge < -0.3 is 10.5 Å². The number of thiazole rings is 1. The molecule has 0 bridgehead atoms. The number of carbonyl (C=O) groups excluding carboxylic acids is 1. The fraction of sp³-hybridized carbons (Fsp3) is 0.182. The maximum Gasteiger partial charge on any atom is 0.435 e. The van der Waals surface area contributed by atoms with Crippen molar-refractivity contribution < 1.29 is 27.6 Å². The number of anilines is 2. The zero-order chi connectivity index (χ0) is 18.1. The van der Waals surface area contributed by atoms with Crippen molar-refractivity contribution in [2.24, 2.45) is 0 Å². The van der Waals surface area contributed by atoms with Gasteiger partial charge in [0.25, 0.3) is 11.1 Å². The summed E-state index contributed by atoms with van der Waals surface area (Å²) in [5.74, 6) is -2.01. The number of carbonyl (C=O) groups is 1. The molecule has 1 amide bonds. The summed E-state index contributed by atoms with van der Waals surface area (Å²) in [5, 5.41) is 12.4. The number of nitrogens with two attached hydrogens (primary N) is 1. The Kier molecular flexibility index (Phi) is 4.54. The number of nitrogens with zero attached hydrogens (tertiary/aromatic N) is 3. The average molecular weight is 363 g/mol. The van der Waals surface area contributed by atoms with Gasteiger partial charge in [-0.1, -0.05) is 11.3 Å². The zero-order valence-corrected chi connectivity index (χ0v) is 12.6. The molecule has 2 aromatic rings. The van der Waals surface area contributed by atoms with Crippen LogP contribution in [0.1, 0.15) is 15.4 Å². The average Bonchev–Trinajstić information content (AvgIpc) is 2.91. The van der Waals surface area contributed by atoms with Crippen LogP contribution in [0.25, 0.3) is 0 Å². The number of methoxy groups -OCH3 is 1. The topological polar surface area (TPSA) is 133 Å². The van der Waals surface area contributed by atoms with Crippen molar-refractivity contribution in [3.8, 4) is 5.19 Å². The third-order valence-corrected chi connectivity index (χ3v) is 3.60. The molecule has 3 N–H and O–H groups in total. The largest absolute Gasteiger partial charge is 0.473 e. The number of nitrogens with one attached hydrogen (secondary N) is 1. The number of alkyl halides is 3. The highest BCUT2D eigenvalue weighted by atomic mass is 32.1. The Hall–Kier alpha value is -2.96. The molecule has 0 fully saturated rings. The molecule has 0 saturated carbocycles. The van der Waals surface area contributed by atoms with Crippen LogP contribution in [0.3, 0.4) is 0 Å². The van der Waals surface area contributed by atoms with Crippen molar-refractivity contribution in [1.29, 1.82) is 0 Å². The van der Waals surface area contributed by atoms with Gasteiger partial charge >= 0.3 is 11.9 Å². The van der Waals surface area contributed by atoms with Gasteiger partial charge in [0.1, 0.15) is 10.7 Å². The first-order valence-corrected chi connectivity index (χ1v) is 6.79. The number of nitrogen functional groups attached to an aromatic ring is 1. The second kappa shape index (κ2) is 6.27. The third-order valence-electron chi connectivity index (χ3n) is 2.58. The molecule has 0 unspecified atom stereocenters. The summed E-state index contributed by atoms with van der Waals surface area (Å²) in [6, 6.07) is 2.08. The standard InChI is InChI=1S/C11H8F3N5O4S/c1-23-10-17-7(11(12,13)14)6(24-10)9(20)18-8-4(19(21)22)2-3-5(15)16-8/h2-3H,1H3,(H3,15,16,18,20).